The summed E-state index contributed by atoms with van der Waals surface area (Å²) in [5.41, 5.74) is 8.14. The Balaban J connectivity index is 1.98. The molecule has 0 aliphatic carbocycles. The van der Waals surface area contributed by atoms with E-state index in [2.05, 4.69) is 0 Å². The highest BCUT2D eigenvalue weighted by Gasteiger charge is 2.11. The van der Waals surface area contributed by atoms with E-state index in [0.29, 0.717) is 24.2 Å². The summed E-state index contributed by atoms with van der Waals surface area (Å²) < 4.78 is 0. The van der Waals surface area contributed by atoms with E-state index in [1.165, 1.54) is 0 Å². The van der Waals surface area contributed by atoms with E-state index >= 15 is 0 Å². The number of hydrogen-bond acceptors (Lipinski definition) is 3. The van der Waals surface area contributed by atoms with Crippen molar-refractivity contribution in [1.29, 1.82) is 0 Å². The lowest BCUT2D eigenvalue weighted by molar-refractivity contribution is -0.118. The van der Waals surface area contributed by atoms with E-state index in [1.54, 1.807) is 36.2 Å². The third-order valence-electron chi connectivity index (χ3n) is 3.17. The summed E-state index contributed by atoms with van der Waals surface area (Å²) in [4.78, 5) is 13.7. The number of carbonyl (C=O) groups is 1. The Morgan fingerprint density at radius 1 is 1.20 bits per heavy atom. The minimum absolute atomic E-state index is 0.00183. The van der Waals surface area contributed by atoms with Gasteiger partial charge >= 0.3 is 0 Å². The van der Waals surface area contributed by atoms with Crippen LogP contribution in [0.4, 0.5) is 11.4 Å². The normalized spacial score (nSPS) is 10.2. The van der Waals surface area contributed by atoms with Crippen molar-refractivity contribution in [3.05, 3.63) is 54.1 Å². The van der Waals surface area contributed by atoms with E-state index in [4.69, 9.17) is 5.73 Å². The maximum Gasteiger partial charge on any atom is 0.227 e. The molecule has 0 fully saturated rings. The fourth-order valence-corrected chi connectivity index (χ4v) is 2.01. The molecule has 0 aliphatic heterocycles. The molecule has 0 unspecified atom stereocenters. The van der Waals surface area contributed by atoms with Crippen LogP contribution in [0.2, 0.25) is 0 Å². The second-order valence-corrected chi connectivity index (χ2v) is 4.72. The highest BCUT2D eigenvalue weighted by Crippen LogP contribution is 2.20. The fourth-order valence-electron chi connectivity index (χ4n) is 2.01. The van der Waals surface area contributed by atoms with Gasteiger partial charge in [-0.1, -0.05) is 18.2 Å². The third kappa shape index (κ3) is 3.51. The Morgan fingerprint density at radius 3 is 2.65 bits per heavy atom. The summed E-state index contributed by atoms with van der Waals surface area (Å²) in [5, 5.41) is 9.43. The number of phenols is 1. The molecule has 3 N–H and O–H groups in total. The van der Waals surface area contributed by atoms with Gasteiger partial charge in [0.05, 0.1) is 0 Å². The molecule has 0 aliphatic rings. The van der Waals surface area contributed by atoms with Gasteiger partial charge in [0.25, 0.3) is 0 Å². The highest BCUT2D eigenvalue weighted by molar-refractivity contribution is 5.93. The molecule has 2 aromatic carbocycles. The second-order valence-electron chi connectivity index (χ2n) is 4.72. The lowest BCUT2D eigenvalue weighted by Gasteiger charge is -2.17. The highest BCUT2D eigenvalue weighted by atomic mass is 16.3. The molecule has 0 saturated heterocycles. The van der Waals surface area contributed by atoms with Gasteiger partial charge in [-0.2, -0.15) is 0 Å². The summed E-state index contributed by atoms with van der Waals surface area (Å²) in [7, 11) is 1.70. The van der Waals surface area contributed by atoms with Crippen molar-refractivity contribution >= 4 is 17.3 Å². The summed E-state index contributed by atoms with van der Waals surface area (Å²) in [6.45, 7) is 0. The smallest absolute Gasteiger partial charge is 0.227 e. The number of nitrogens with zero attached hydrogens (tertiary/aromatic N) is 1. The van der Waals surface area contributed by atoms with Gasteiger partial charge in [0.2, 0.25) is 5.91 Å². The van der Waals surface area contributed by atoms with Crippen molar-refractivity contribution in [2.24, 2.45) is 0 Å². The molecular weight excluding hydrogens is 252 g/mol. The first kappa shape index (κ1) is 13.9. The summed E-state index contributed by atoms with van der Waals surface area (Å²) in [6, 6.07) is 14.2. The van der Waals surface area contributed by atoms with Crippen molar-refractivity contribution in [1.82, 2.24) is 0 Å². The average molecular weight is 270 g/mol. The number of nitrogens with two attached hydrogens (primary N) is 1. The number of nitrogen functional groups attached to an aromatic ring is 1. The van der Waals surface area contributed by atoms with Gasteiger partial charge in [-0.25, -0.2) is 0 Å². The lowest BCUT2D eigenvalue weighted by atomic mass is 10.1. The van der Waals surface area contributed by atoms with Crippen molar-refractivity contribution in [3.8, 4) is 5.75 Å². The Kier molecular flexibility index (Phi) is 4.25. The first-order valence-corrected chi connectivity index (χ1v) is 6.46. The van der Waals surface area contributed by atoms with Gasteiger partial charge in [0, 0.05) is 30.9 Å². The van der Waals surface area contributed by atoms with Crippen LogP contribution in [-0.2, 0) is 11.2 Å². The van der Waals surface area contributed by atoms with Crippen LogP contribution in [0.5, 0.6) is 5.75 Å². The zero-order valence-electron chi connectivity index (χ0n) is 11.4. The number of carbonyl (C=O) groups excluding carboxylic acids is 1. The van der Waals surface area contributed by atoms with Crippen LogP contribution in [0.25, 0.3) is 0 Å². The van der Waals surface area contributed by atoms with Crippen molar-refractivity contribution in [2.75, 3.05) is 17.7 Å². The van der Waals surface area contributed by atoms with Crippen LogP contribution in [0.3, 0.4) is 0 Å². The van der Waals surface area contributed by atoms with E-state index in [1.807, 2.05) is 24.3 Å². The number of phenolic OH excluding ortho intramolecular Hbond substituents is 1. The zero-order chi connectivity index (χ0) is 14.5. The van der Waals surface area contributed by atoms with Crippen LogP contribution in [0.1, 0.15) is 12.0 Å². The number of anilines is 2. The molecule has 0 saturated carbocycles. The fraction of sp³-hybridized carbons (Fsp3) is 0.188. The van der Waals surface area contributed by atoms with Crippen LogP contribution in [-0.4, -0.2) is 18.1 Å². The SMILES string of the molecule is CN(C(=O)CCc1cccc(N)c1)c1cccc(O)c1. The van der Waals surface area contributed by atoms with Gasteiger partial charge in [0.1, 0.15) is 5.75 Å². The van der Waals surface area contributed by atoms with E-state index in [-0.39, 0.29) is 11.7 Å². The van der Waals surface area contributed by atoms with E-state index in [9.17, 15) is 9.90 Å². The molecule has 2 rings (SSSR count). The monoisotopic (exact) mass is 270 g/mol. The van der Waals surface area contributed by atoms with Gasteiger partial charge in [-0.05, 0) is 36.2 Å². The minimum Gasteiger partial charge on any atom is -0.508 e. The molecule has 4 nitrogen and oxygen atoms in total. The average Bonchev–Trinajstić information content (AvgIpc) is 2.44. The first-order valence-electron chi connectivity index (χ1n) is 6.46. The zero-order valence-corrected chi connectivity index (χ0v) is 11.4. The largest absolute Gasteiger partial charge is 0.508 e. The Hall–Kier alpha value is -2.49. The third-order valence-corrected chi connectivity index (χ3v) is 3.17. The first-order chi connectivity index (χ1) is 9.56. The molecular formula is C16H18N2O2. The summed E-state index contributed by atoms with van der Waals surface area (Å²) in [5.74, 6) is 0.149. The molecule has 0 aromatic heterocycles. The second kappa shape index (κ2) is 6.10. The minimum atomic E-state index is -0.00183. The van der Waals surface area contributed by atoms with Crippen LogP contribution in [0.15, 0.2) is 48.5 Å². The summed E-state index contributed by atoms with van der Waals surface area (Å²) >= 11 is 0. The lowest BCUT2D eigenvalue weighted by Crippen LogP contribution is -2.26. The van der Waals surface area contributed by atoms with Gasteiger partial charge in [-0.15, -0.1) is 0 Å². The number of benzene rings is 2. The van der Waals surface area contributed by atoms with Crippen LogP contribution >= 0.6 is 0 Å². The Morgan fingerprint density at radius 2 is 1.95 bits per heavy atom. The van der Waals surface area contributed by atoms with Crippen LogP contribution < -0.4 is 10.6 Å². The predicted molar refractivity (Wildman–Crippen MR) is 80.7 cm³/mol. The maximum atomic E-state index is 12.1. The van der Waals surface area contributed by atoms with E-state index in [0.717, 1.165) is 5.56 Å². The number of hydrogen-bond donors (Lipinski definition) is 2. The van der Waals surface area contributed by atoms with Crippen molar-refractivity contribution in [3.63, 3.8) is 0 Å². The molecule has 104 valence electrons. The standard InChI is InChI=1S/C16H18N2O2/c1-18(14-6-3-7-15(19)11-14)16(20)9-8-12-4-2-5-13(17)10-12/h2-7,10-11,19H,8-9,17H2,1H3. The maximum absolute atomic E-state index is 12.1. The van der Waals surface area contributed by atoms with E-state index < -0.39 is 0 Å². The molecule has 20 heavy (non-hydrogen) atoms. The molecule has 4 heteroatoms. The van der Waals surface area contributed by atoms with Crippen LogP contribution in [0, 0.1) is 0 Å². The molecule has 0 heterocycles. The number of aromatic hydroxyl groups is 1. The molecule has 0 atom stereocenters. The molecule has 0 radical (unpaired) electrons. The molecule has 0 spiro atoms. The van der Waals surface area contributed by atoms with Crippen molar-refractivity contribution in [2.45, 2.75) is 12.8 Å². The summed E-state index contributed by atoms with van der Waals surface area (Å²) in [6.07, 6.45) is 1.04. The topological polar surface area (TPSA) is 66.6 Å². The molecule has 2 aromatic rings. The number of amides is 1. The van der Waals surface area contributed by atoms with Crippen molar-refractivity contribution < 1.29 is 9.90 Å². The van der Waals surface area contributed by atoms with Gasteiger partial charge in [0.15, 0.2) is 0 Å². The van der Waals surface area contributed by atoms with Gasteiger partial charge < -0.3 is 15.7 Å². The number of rotatable bonds is 4. The number of aryl methyl sites for hydroxylation is 1. The molecule has 1 amide bonds. The molecule has 0 bridgehead atoms. The predicted octanol–water partition coefficient (Wildman–Crippen LogP) is 2.57. The Bertz CT molecular complexity index is 611. The quantitative estimate of drug-likeness (QED) is 0.839. The van der Waals surface area contributed by atoms with Gasteiger partial charge in [-0.3, -0.25) is 4.79 Å². The Labute approximate surface area is 118 Å².